The Morgan fingerprint density at radius 2 is 1.85 bits per heavy atom. The highest BCUT2D eigenvalue weighted by Gasteiger charge is 2.12. The average molecular weight is 309 g/mol. The molecule has 2 aromatic rings. The van der Waals surface area contributed by atoms with Crippen molar-refractivity contribution in [3.05, 3.63) is 63.9 Å². The maximum absolute atomic E-state index is 6.09. The van der Waals surface area contributed by atoms with Crippen molar-refractivity contribution < 1.29 is 0 Å². The Hall–Kier alpha value is -1.09. The van der Waals surface area contributed by atoms with Crippen LogP contribution < -0.4 is 5.32 Å². The molecule has 0 saturated heterocycles. The Kier molecular flexibility index (Phi) is 5.84. The molecule has 20 heavy (non-hydrogen) atoms. The minimum atomic E-state index is 0.259. The van der Waals surface area contributed by atoms with E-state index in [9.17, 15) is 0 Å². The van der Waals surface area contributed by atoms with Crippen LogP contribution in [-0.2, 0) is 6.42 Å². The van der Waals surface area contributed by atoms with Crippen molar-refractivity contribution in [1.82, 2.24) is 10.3 Å². The molecule has 0 spiro atoms. The lowest BCUT2D eigenvalue weighted by molar-refractivity contribution is 0.529. The molecule has 2 nitrogen and oxygen atoms in total. The number of hydrogen-bond acceptors (Lipinski definition) is 2. The number of nitrogens with zero attached hydrogens (tertiary/aromatic N) is 1. The number of hydrogen-bond donors (Lipinski definition) is 1. The van der Waals surface area contributed by atoms with E-state index in [0.29, 0.717) is 10.0 Å². The second-order valence-corrected chi connectivity index (χ2v) is 5.55. The highest BCUT2D eigenvalue weighted by molar-refractivity contribution is 6.42. The summed E-state index contributed by atoms with van der Waals surface area (Å²) in [5, 5.41) is 4.76. The van der Waals surface area contributed by atoms with Gasteiger partial charge in [0.1, 0.15) is 0 Å². The van der Waals surface area contributed by atoms with Gasteiger partial charge < -0.3 is 5.32 Å². The molecule has 1 atom stereocenters. The fourth-order valence-corrected chi connectivity index (χ4v) is 2.45. The summed E-state index contributed by atoms with van der Waals surface area (Å²) in [6.07, 6.45) is 5.62. The van der Waals surface area contributed by atoms with Crippen LogP contribution in [0.25, 0.3) is 0 Å². The van der Waals surface area contributed by atoms with E-state index in [4.69, 9.17) is 23.2 Å². The molecule has 0 radical (unpaired) electrons. The second kappa shape index (κ2) is 7.63. The maximum Gasteiger partial charge on any atom is 0.0595 e. The first-order chi connectivity index (χ1) is 9.70. The van der Waals surface area contributed by atoms with Crippen molar-refractivity contribution in [2.75, 3.05) is 6.54 Å². The number of pyridine rings is 1. The number of aromatic nitrogens is 1. The molecule has 1 N–H and O–H groups in total. The summed E-state index contributed by atoms with van der Waals surface area (Å²) >= 11 is 12.0. The van der Waals surface area contributed by atoms with Gasteiger partial charge in [-0.1, -0.05) is 36.2 Å². The number of benzene rings is 1. The molecule has 106 valence electrons. The minimum absolute atomic E-state index is 0.259. The summed E-state index contributed by atoms with van der Waals surface area (Å²) < 4.78 is 0. The minimum Gasteiger partial charge on any atom is -0.310 e. The van der Waals surface area contributed by atoms with Gasteiger partial charge in [-0.3, -0.25) is 4.98 Å². The van der Waals surface area contributed by atoms with Crippen molar-refractivity contribution in [2.24, 2.45) is 0 Å². The smallest absolute Gasteiger partial charge is 0.0595 e. The van der Waals surface area contributed by atoms with E-state index >= 15 is 0 Å². The van der Waals surface area contributed by atoms with E-state index < -0.39 is 0 Å². The second-order valence-electron chi connectivity index (χ2n) is 4.74. The third-order valence-electron chi connectivity index (χ3n) is 3.17. The summed E-state index contributed by atoms with van der Waals surface area (Å²) in [5.41, 5.74) is 2.41. The monoisotopic (exact) mass is 308 g/mol. The zero-order valence-corrected chi connectivity index (χ0v) is 13.0. The van der Waals surface area contributed by atoms with E-state index in [0.717, 1.165) is 19.4 Å². The van der Waals surface area contributed by atoms with Gasteiger partial charge in [0.25, 0.3) is 0 Å². The van der Waals surface area contributed by atoms with Gasteiger partial charge in [-0.15, -0.1) is 0 Å². The average Bonchev–Trinajstić information content (AvgIpc) is 2.48. The van der Waals surface area contributed by atoms with Gasteiger partial charge in [0.05, 0.1) is 10.0 Å². The number of rotatable bonds is 6. The van der Waals surface area contributed by atoms with Gasteiger partial charge in [-0.2, -0.15) is 0 Å². The van der Waals surface area contributed by atoms with Crippen molar-refractivity contribution in [3.63, 3.8) is 0 Å². The van der Waals surface area contributed by atoms with Gasteiger partial charge in [-0.25, -0.2) is 0 Å². The fourth-order valence-electron chi connectivity index (χ4n) is 2.12. The van der Waals surface area contributed by atoms with Gasteiger partial charge in [0, 0.05) is 18.4 Å². The van der Waals surface area contributed by atoms with Gasteiger partial charge >= 0.3 is 0 Å². The maximum atomic E-state index is 6.09. The van der Waals surface area contributed by atoms with Crippen LogP contribution in [0, 0.1) is 0 Å². The Balaban J connectivity index is 2.17. The Morgan fingerprint density at radius 1 is 1.10 bits per heavy atom. The molecule has 0 aliphatic rings. The SMILES string of the molecule is CCCNC(Cc1ccc(Cl)c(Cl)c1)c1ccncc1. The molecule has 4 heteroatoms. The van der Waals surface area contributed by atoms with Crippen molar-refractivity contribution in [2.45, 2.75) is 25.8 Å². The third-order valence-corrected chi connectivity index (χ3v) is 3.91. The summed E-state index contributed by atoms with van der Waals surface area (Å²) in [6.45, 7) is 3.14. The van der Waals surface area contributed by atoms with Crippen LogP contribution in [-0.4, -0.2) is 11.5 Å². The van der Waals surface area contributed by atoms with Crippen molar-refractivity contribution >= 4 is 23.2 Å². The van der Waals surface area contributed by atoms with Gasteiger partial charge in [-0.05, 0) is 54.8 Å². The Labute approximate surface area is 130 Å². The highest BCUT2D eigenvalue weighted by Crippen LogP contribution is 2.25. The molecule has 1 aromatic heterocycles. The lowest BCUT2D eigenvalue weighted by atomic mass is 9.99. The van der Waals surface area contributed by atoms with Crippen LogP contribution in [0.1, 0.15) is 30.5 Å². The summed E-state index contributed by atoms with van der Waals surface area (Å²) in [7, 11) is 0. The molecule has 0 saturated carbocycles. The van der Waals surface area contributed by atoms with Crippen LogP contribution in [0.15, 0.2) is 42.7 Å². The predicted molar refractivity (Wildman–Crippen MR) is 85.4 cm³/mol. The first-order valence-corrected chi connectivity index (χ1v) is 7.53. The van der Waals surface area contributed by atoms with Gasteiger partial charge in [0.15, 0.2) is 0 Å². The molecule has 0 fully saturated rings. The molecule has 1 heterocycles. The standard InChI is InChI=1S/C16H18Cl2N2/c1-2-7-20-16(13-5-8-19-9-6-13)11-12-3-4-14(17)15(18)10-12/h3-6,8-10,16,20H,2,7,11H2,1H3. The highest BCUT2D eigenvalue weighted by atomic mass is 35.5. The third kappa shape index (κ3) is 4.20. The fraction of sp³-hybridized carbons (Fsp3) is 0.312. The van der Waals surface area contributed by atoms with Crippen LogP contribution in [0.5, 0.6) is 0 Å². The predicted octanol–water partition coefficient (Wildman–Crippen LogP) is 4.67. The first-order valence-electron chi connectivity index (χ1n) is 6.78. The topological polar surface area (TPSA) is 24.9 Å². The largest absolute Gasteiger partial charge is 0.310 e. The molecule has 0 bridgehead atoms. The van der Waals surface area contributed by atoms with Crippen LogP contribution in [0.3, 0.4) is 0 Å². The first kappa shape index (κ1) is 15.3. The molecule has 0 amide bonds. The normalized spacial score (nSPS) is 12.3. The number of nitrogens with one attached hydrogen (secondary N) is 1. The summed E-state index contributed by atoms with van der Waals surface area (Å²) in [4.78, 5) is 4.07. The zero-order chi connectivity index (χ0) is 14.4. The summed E-state index contributed by atoms with van der Waals surface area (Å²) in [6, 6.07) is 10.2. The van der Waals surface area contributed by atoms with E-state index in [1.165, 1.54) is 11.1 Å². The lowest BCUT2D eigenvalue weighted by Crippen LogP contribution is -2.24. The lowest BCUT2D eigenvalue weighted by Gasteiger charge is -2.19. The number of halogens is 2. The van der Waals surface area contributed by atoms with E-state index in [1.807, 2.05) is 42.7 Å². The van der Waals surface area contributed by atoms with E-state index in [1.54, 1.807) is 0 Å². The van der Waals surface area contributed by atoms with Crippen LogP contribution in [0.4, 0.5) is 0 Å². The van der Waals surface area contributed by atoms with Crippen molar-refractivity contribution in [3.8, 4) is 0 Å². The molecule has 1 unspecified atom stereocenters. The van der Waals surface area contributed by atoms with Gasteiger partial charge in [0.2, 0.25) is 0 Å². The van der Waals surface area contributed by atoms with Crippen LogP contribution in [0.2, 0.25) is 10.0 Å². The zero-order valence-electron chi connectivity index (χ0n) is 11.4. The summed E-state index contributed by atoms with van der Waals surface area (Å²) in [5.74, 6) is 0. The quantitative estimate of drug-likeness (QED) is 0.838. The molecular formula is C16H18Cl2N2. The molecule has 1 aromatic carbocycles. The Morgan fingerprint density at radius 3 is 2.50 bits per heavy atom. The molecule has 0 aliphatic heterocycles. The molecular weight excluding hydrogens is 291 g/mol. The Bertz CT molecular complexity index is 543. The van der Waals surface area contributed by atoms with E-state index in [-0.39, 0.29) is 6.04 Å². The molecule has 2 rings (SSSR count). The van der Waals surface area contributed by atoms with E-state index in [2.05, 4.69) is 17.2 Å². The van der Waals surface area contributed by atoms with Crippen molar-refractivity contribution in [1.29, 1.82) is 0 Å². The van der Waals surface area contributed by atoms with Crippen LogP contribution >= 0.6 is 23.2 Å². The molecule has 0 aliphatic carbocycles.